The molecule has 0 spiro atoms. The molecule has 108 valence electrons. The molecule has 0 saturated heterocycles. The number of nitrogens with zero attached hydrogens (tertiary/aromatic N) is 1. The molecule has 1 atom stereocenters. The maximum Gasteiger partial charge on any atom is 0.0705 e. The molecule has 21 heavy (non-hydrogen) atoms. The lowest BCUT2D eigenvalue weighted by Crippen LogP contribution is -2.27. The Kier molecular flexibility index (Phi) is 4.32. The fourth-order valence-corrected chi connectivity index (χ4v) is 3.32. The van der Waals surface area contributed by atoms with Crippen LogP contribution >= 0.6 is 11.3 Å². The second-order valence-corrected chi connectivity index (χ2v) is 6.58. The van der Waals surface area contributed by atoms with Crippen LogP contribution in [0, 0.1) is 6.92 Å². The molecule has 3 aromatic rings. The number of hydrogen-bond acceptors (Lipinski definition) is 3. The molecule has 2 nitrogen and oxygen atoms in total. The molecule has 2 aromatic heterocycles. The van der Waals surface area contributed by atoms with Crippen molar-refractivity contribution < 1.29 is 0 Å². The second-order valence-electron chi connectivity index (χ2n) is 5.55. The van der Waals surface area contributed by atoms with E-state index in [1.165, 1.54) is 15.8 Å². The van der Waals surface area contributed by atoms with Crippen molar-refractivity contribution in [1.29, 1.82) is 0 Å². The SMILES string of the molecule is Cc1ccc2cc(CNC(C)Cc3cccs3)ccc2n1. The number of pyridine rings is 1. The lowest BCUT2D eigenvalue weighted by Gasteiger charge is -2.13. The monoisotopic (exact) mass is 296 g/mol. The van der Waals surface area contributed by atoms with Crippen LogP contribution in [0.25, 0.3) is 10.9 Å². The summed E-state index contributed by atoms with van der Waals surface area (Å²) in [5.41, 5.74) is 3.45. The number of aromatic nitrogens is 1. The highest BCUT2D eigenvalue weighted by Gasteiger charge is 2.05. The number of thiophene rings is 1. The highest BCUT2D eigenvalue weighted by molar-refractivity contribution is 7.09. The summed E-state index contributed by atoms with van der Waals surface area (Å²) in [5, 5.41) is 6.95. The zero-order chi connectivity index (χ0) is 14.7. The molecule has 1 aromatic carbocycles. The van der Waals surface area contributed by atoms with Crippen LogP contribution in [0.15, 0.2) is 47.8 Å². The van der Waals surface area contributed by atoms with E-state index in [9.17, 15) is 0 Å². The van der Waals surface area contributed by atoms with Crippen LogP contribution in [0.1, 0.15) is 23.1 Å². The molecule has 3 rings (SSSR count). The number of aryl methyl sites for hydroxylation is 1. The molecule has 0 saturated carbocycles. The van der Waals surface area contributed by atoms with E-state index in [0.29, 0.717) is 6.04 Å². The molecule has 3 heteroatoms. The normalized spacial score (nSPS) is 12.7. The number of rotatable bonds is 5. The van der Waals surface area contributed by atoms with E-state index < -0.39 is 0 Å². The van der Waals surface area contributed by atoms with E-state index in [0.717, 1.165) is 24.2 Å². The molecular formula is C18H20N2S. The van der Waals surface area contributed by atoms with Crippen molar-refractivity contribution in [2.75, 3.05) is 0 Å². The van der Waals surface area contributed by atoms with Crippen molar-refractivity contribution in [3.05, 3.63) is 64.0 Å². The van der Waals surface area contributed by atoms with Crippen LogP contribution in [0.5, 0.6) is 0 Å². The Morgan fingerprint density at radius 3 is 2.90 bits per heavy atom. The maximum atomic E-state index is 4.54. The Balaban J connectivity index is 1.63. The lowest BCUT2D eigenvalue weighted by atomic mass is 10.1. The number of hydrogen-bond donors (Lipinski definition) is 1. The van der Waals surface area contributed by atoms with E-state index in [1.807, 2.05) is 18.3 Å². The molecule has 0 radical (unpaired) electrons. The first kappa shape index (κ1) is 14.2. The summed E-state index contributed by atoms with van der Waals surface area (Å²) in [6.45, 7) is 5.17. The summed E-state index contributed by atoms with van der Waals surface area (Å²) in [7, 11) is 0. The molecule has 1 N–H and O–H groups in total. The third-order valence-corrected chi connectivity index (χ3v) is 4.53. The van der Waals surface area contributed by atoms with Gasteiger partial charge >= 0.3 is 0 Å². The first-order valence-corrected chi connectivity index (χ1v) is 8.21. The van der Waals surface area contributed by atoms with E-state index >= 15 is 0 Å². The lowest BCUT2D eigenvalue weighted by molar-refractivity contribution is 0.549. The van der Waals surface area contributed by atoms with Crippen LogP contribution in [0.4, 0.5) is 0 Å². The fourth-order valence-electron chi connectivity index (χ4n) is 2.48. The summed E-state index contributed by atoms with van der Waals surface area (Å²) >= 11 is 1.83. The highest BCUT2D eigenvalue weighted by atomic mass is 32.1. The van der Waals surface area contributed by atoms with Gasteiger partial charge in [-0.1, -0.05) is 18.2 Å². The minimum atomic E-state index is 0.482. The zero-order valence-electron chi connectivity index (χ0n) is 12.5. The van der Waals surface area contributed by atoms with Gasteiger partial charge in [0.1, 0.15) is 0 Å². The van der Waals surface area contributed by atoms with Crippen molar-refractivity contribution in [3.63, 3.8) is 0 Å². The van der Waals surface area contributed by atoms with Gasteiger partial charge in [-0.3, -0.25) is 4.98 Å². The molecule has 0 aliphatic rings. The average Bonchev–Trinajstić information content (AvgIpc) is 2.98. The maximum absolute atomic E-state index is 4.54. The molecule has 0 amide bonds. The van der Waals surface area contributed by atoms with Crippen molar-refractivity contribution in [1.82, 2.24) is 10.3 Å². The first-order valence-electron chi connectivity index (χ1n) is 7.33. The predicted octanol–water partition coefficient (Wildman–Crippen LogP) is 4.33. The Morgan fingerprint density at radius 2 is 2.10 bits per heavy atom. The summed E-state index contributed by atoms with van der Waals surface area (Å²) in [6.07, 6.45) is 1.09. The van der Waals surface area contributed by atoms with Crippen LogP contribution < -0.4 is 5.32 Å². The topological polar surface area (TPSA) is 24.9 Å². The van der Waals surface area contributed by atoms with E-state index in [1.54, 1.807) is 0 Å². The number of benzene rings is 1. The van der Waals surface area contributed by atoms with E-state index in [4.69, 9.17) is 0 Å². The van der Waals surface area contributed by atoms with Gasteiger partial charge in [0.05, 0.1) is 5.52 Å². The molecular weight excluding hydrogens is 276 g/mol. The highest BCUT2D eigenvalue weighted by Crippen LogP contribution is 2.15. The largest absolute Gasteiger partial charge is 0.310 e. The minimum Gasteiger partial charge on any atom is -0.310 e. The average molecular weight is 296 g/mol. The van der Waals surface area contributed by atoms with Gasteiger partial charge in [0.25, 0.3) is 0 Å². The Labute approximate surface area is 129 Å². The Hall–Kier alpha value is -1.71. The minimum absolute atomic E-state index is 0.482. The third kappa shape index (κ3) is 3.69. The van der Waals surface area contributed by atoms with Crippen LogP contribution in [-0.2, 0) is 13.0 Å². The molecule has 0 bridgehead atoms. The van der Waals surface area contributed by atoms with Crippen molar-refractivity contribution in [3.8, 4) is 0 Å². The van der Waals surface area contributed by atoms with Crippen molar-refractivity contribution in [2.45, 2.75) is 32.9 Å². The van der Waals surface area contributed by atoms with Gasteiger partial charge < -0.3 is 5.32 Å². The van der Waals surface area contributed by atoms with Crippen molar-refractivity contribution >= 4 is 22.2 Å². The third-order valence-electron chi connectivity index (χ3n) is 3.63. The van der Waals surface area contributed by atoms with Crippen LogP contribution in [-0.4, -0.2) is 11.0 Å². The fraction of sp³-hybridized carbons (Fsp3) is 0.278. The van der Waals surface area contributed by atoms with Gasteiger partial charge in [0, 0.05) is 28.5 Å². The zero-order valence-corrected chi connectivity index (χ0v) is 13.3. The van der Waals surface area contributed by atoms with Gasteiger partial charge in [-0.25, -0.2) is 0 Å². The molecule has 2 heterocycles. The molecule has 0 aliphatic heterocycles. The smallest absolute Gasteiger partial charge is 0.0705 e. The van der Waals surface area contributed by atoms with Crippen molar-refractivity contribution in [2.24, 2.45) is 0 Å². The van der Waals surface area contributed by atoms with Crippen LogP contribution in [0.3, 0.4) is 0 Å². The Bertz CT molecular complexity index is 719. The first-order chi connectivity index (χ1) is 10.2. The van der Waals surface area contributed by atoms with E-state index in [2.05, 4.69) is 65.1 Å². The standard InChI is InChI=1S/C18H20N2S/c1-13-5-7-16-11-15(6-8-18(16)20-13)12-19-14(2)10-17-4-3-9-21-17/h3-9,11,14,19H,10,12H2,1-2H3. The molecule has 1 unspecified atom stereocenters. The summed E-state index contributed by atoms with van der Waals surface area (Å²) < 4.78 is 0. The quantitative estimate of drug-likeness (QED) is 0.758. The van der Waals surface area contributed by atoms with Gasteiger partial charge in [0.2, 0.25) is 0 Å². The van der Waals surface area contributed by atoms with Gasteiger partial charge in [0.15, 0.2) is 0 Å². The van der Waals surface area contributed by atoms with Gasteiger partial charge in [-0.2, -0.15) is 0 Å². The summed E-state index contributed by atoms with van der Waals surface area (Å²) in [5.74, 6) is 0. The number of nitrogens with one attached hydrogen (secondary N) is 1. The van der Waals surface area contributed by atoms with Crippen LogP contribution in [0.2, 0.25) is 0 Å². The number of fused-ring (bicyclic) bond motifs is 1. The van der Waals surface area contributed by atoms with Gasteiger partial charge in [-0.15, -0.1) is 11.3 Å². The molecule has 0 fully saturated rings. The Morgan fingerprint density at radius 1 is 1.19 bits per heavy atom. The molecule has 0 aliphatic carbocycles. The predicted molar refractivity (Wildman–Crippen MR) is 90.8 cm³/mol. The second kappa shape index (κ2) is 6.37. The van der Waals surface area contributed by atoms with E-state index in [-0.39, 0.29) is 0 Å². The van der Waals surface area contributed by atoms with Gasteiger partial charge in [-0.05, 0) is 55.5 Å². The summed E-state index contributed by atoms with van der Waals surface area (Å²) in [6, 6.07) is 15.5. The summed E-state index contributed by atoms with van der Waals surface area (Å²) in [4.78, 5) is 5.98.